The van der Waals surface area contributed by atoms with Crippen molar-refractivity contribution in [3.63, 3.8) is 0 Å². The van der Waals surface area contributed by atoms with E-state index in [1.807, 2.05) is 35.2 Å². The fraction of sp³-hybridized carbons (Fsp3) is 0.348. The van der Waals surface area contributed by atoms with Gasteiger partial charge in [0, 0.05) is 28.8 Å². The predicted octanol–water partition coefficient (Wildman–Crippen LogP) is 3.05. The van der Waals surface area contributed by atoms with Gasteiger partial charge in [0.2, 0.25) is 11.8 Å². The third-order valence-corrected chi connectivity index (χ3v) is 7.14. The molecule has 0 saturated carbocycles. The third-order valence-electron chi connectivity index (χ3n) is 6.70. The minimum absolute atomic E-state index is 0.0185. The molecule has 0 radical (unpaired) electrons. The van der Waals surface area contributed by atoms with E-state index in [4.69, 9.17) is 23.2 Å². The molecule has 166 valence electrons. The SMILES string of the molecule is O=C1C[C@H](N2CCC3(CC2)C(=O)NCN3c2ccccc2)C(=O)N1c1cc(Cl)cc(Cl)c1. The Morgan fingerprint density at radius 2 is 1.56 bits per heavy atom. The highest BCUT2D eigenvalue weighted by molar-refractivity contribution is 6.35. The molecule has 2 aromatic rings. The summed E-state index contributed by atoms with van der Waals surface area (Å²) >= 11 is 12.1. The number of halogens is 2. The minimum Gasteiger partial charge on any atom is -0.339 e. The molecular weight excluding hydrogens is 451 g/mol. The molecule has 3 aliphatic rings. The average molecular weight is 473 g/mol. The number of anilines is 2. The summed E-state index contributed by atoms with van der Waals surface area (Å²) in [4.78, 5) is 44.1. The molecule has 3 heterocycles. The van der Waals surface area contributed by atoms with Gasteiger partial charge in [-0.1, -0.05) is 41.4 Å². The van der Waals surface area contributed by atoms with Gasteiger partial charge >= 0.3 is 0 Å². The van der Waals surface area contributed by atoms with Crippen molar-refractivity contribution in [3.05, 3.63) is 58.6 Å². The molecule has 32 heavy (non-hydrogen) atoms. The number of benzene rings is 2. The highest BCUT2D eigenvalue weighted by Crippen LogP contribution is 2.38. The van der Waals surface area contributed by atoms with Gasteiger partial charge in [0.15, 0.2) is 0 Å². The zero-order valence-electron chi connectivity index (χ0n) is 17.3. The van der Waals surface area contributed by atoms with Crippen LogP contribution < -0.4 is 15.1 Å². The molecule has 0 unspecified atom stereocenters. The van der Waals surface area contributed by atoms with Gasteiger partial charge in [-0.05, 0) is 43.2 Å². The maximum absolute atomic E-state index is 13.2. The molecule has 1 spiro atoms. The number of nitrogens with one attached hydrogen (secondary N) is 1. The fourth-order valence-corrected chi connectivity index (χ4v) is 5.59. The first-order valence-electron chi connectivity index (χ1n) is 10.6. The predicted molar refractivity (Wildman–Crippen MR) is 123 cm³/mol. The van der Waals surface area contributed by atoms with Crippen LogP contribution >= 0.6 is 23.2 Å². The summed E-state index contributed by atoms with van der Waals surface area (Å²) < 4.78 is 0. The van der Waals surface area contributed by atoms with Gasteiger partial charge in [0.25, 0.3) is 5.91 Å². The van der Waals surface area contributed by atoms with Crippen molar-refractivity contribution >= 4 is 52.3 Å². The molecule has 2 aromatic carbocycles. The summed E-state index contributed by atoms with van der Waals surface area (Å²) in [7, 11) is 0. The van der Waals surface area contributed by atoms with E-state index in [-0.39, 0.29) is 24.1 Å². The first kappa shape index (κ1) is 21.2. The summed E-state index contributed by atoms with van der Waals surface area (Å²) in [5, 5.41) is 3.71. The lowest BCUT2D eigenvalue weighted by Crippen LogP contribution is -2.58. The Bertz CT molecular complexity index is 1070. The molecule has 3 amide bonds. The van der Waals surface area contributed by atoms with Crippen molar-refractivity contribution in [2.45, 2.75) is 30.8 Å². The van der Waals surface area contributed by atoms with E-state index < -0.39 is 11.6 Å². The van der Waals surface area contributed by atoms with Crippen LogP contribution in [0.3, 0.4) is 0 Å². The van der Waals surface area contributed by atoms with Gasteiger partial charge in [0.05, 0.1) is 24.8 Å². The van der Waals surface area contributed by atoms with E-state index in [1.165, 1.54) is 4.90 Å². The van der Waals surface area contributed by atoms with E-state index in [0.717, 1.165) is 5.69 Å². The molecule has 3 saturated heterocycles. The number of hydrogen-bond acceptors (Lipinski definition) is 5. The average Bonchev–Trinajstić information content (AvgIpc) is 3.24. The van der Waals surface area contributed by atoms with Gasteiger partial charge in [0.1, 0.15) is 5.54 Å². The van der Waals surface area contributed by atoms with Crippen LogP contribution in [0, 0.1) is 0 Å². The Kier molecular flexibility index (Phi) is 5.35. The highest BCUT2D eigenvalue weighted by Gasteiger charge is 2.52. The van der Waals surface area contributed by atoms with Gasteiger partial charge in [-0.3, -0.25) is 19.3 Å². The van der Waals surface area contributed by atoms with Crippen molar-refractivity contribution < 1.29 is 14.4 Å². The smallest absolute Gasteiger partial charge is 0.251 e. The lowest BCUT2D eigenvalue weighted by atomic mass is 9.85. The molecule has 0 aromatic heterocycles. The summed E-state index contributed by atoms with van der Waals surface area (Å²) in [6.45, 7) is 1.56. The number of carbonyl (C=O) groups is 3. The van der Waals surface area contributed by atoms with E-state index in [2.05, 4.69) is 10.2 Å². The fourth-order valence-electron chi connectivity index (χ4n) is 5.08. The van der Waals surface area contributed by atoms with Crippen LogP contribution in [0.4, 0.5) is 11.4 Å². The molecule has 1 N–H and O–H groups in total. The van der Waals surface area contributed by atoms with Crippen molar-refractivity contribution in [1.82, 2.24) is 10.2 Å². The van der Waals surface area contributed by atoms with Gasteiger partial charge in [-0.2, -0.15) is 0 Å². The first-order valence-corrected chi connectivity index (χ1v) is 11.3. The number of carbonyl (C=O) groups excluding carboxylic acids is 3. The van der Waals surface area contributed by atoms with Crippen LogP contribution in [-0.4, -0.2) is 54.0 Å². The topological polar surface area (TPSA) is 73.0 Å². The quantitative estimate of drug-likeness (QED) is 0.694. The second-order valence-electron chi connectivity index (χ2n) is 8.41. The maximum Gasteiger partial charge on any atom is 0.251 e. The molecule has 3 aliphatic heterocycles. The van der Waals surface area contributed by atoms with E-state index in [1.54, 1.807) is 18.2 Å². The molecule has 7 nitrogen and oxygen atoms in total. The van der Waals surface area contributed by atoms with Crippen molar-refractivity contribution in [2.24, 2.45) is 0 Å². The molecule has 9 heteroatoms. The first-order chi connectivity index (χ1) is 15.4. The number of hydrogen-bond donors (Lipinski definition) is 1. The minimum atomic E-state index is -0.635. The number of para-hydroxylation sites is 1. The van der Waals surface area contributed by atoms with Crippen LogP contribution in [0.2, 0.25) is 10.0 Å². The van der Waals surface area contributed by atoms with E-state index in [0.29, 0.717) is 48.3 Å². The number of piperidine rings is 1. The zero-order chi connectivity index (χ0) is 22.5. The monoisotopic (exact) mass is 472 g/mol. The second kappa shape index (κ2) is 8.06. The van der Waals surface area contributed by atoms with Crippen molar-refractivity contribution in [1.29, 1.82) is 0 Å². The lowest BCUT2D eigenvalue weighted by Gasteiger charge is -2.44. The van der Waals surface area contributed by atoms with E-state index >= 15 is 0 Å². The van der Waals surface area contributed by atoms with E-state index in [9.17, 15) is 14.4 Å². The number of amides is 3. The molecular formula is C23H22Cl2N4O3. The zero-order valence-corrected chi connectivity index (χ0v) is 18.8. The Morgan fingerprint density at radius 1 is 0.906 bits per heavy atom. The summed E-state index contributed by atoms with van der Waals surface area (Å²) in [6, 6.07) is 14.0. The standard InChI is InChI=1S/C23H22Cl2N4O3/c24-15-10-16(25)12-18(11-15)29-20(30)13-19(21(29)31)27-8-6-23(7-9-27)22(32)26-14-28(23)17-4-2-1-3-5-17/h1-5,10-12,19H,6-9,13-14H2,(H,26,32)/t19-/m0/s1. The summed E-state index contributed by atoms with van der Waals surface area (Å²) in [5.74, 6) is -0.534. The van der Waals surface area contributed by atoms with Crippen LogP contribution in [0.25, 0.3) is 0 Å². The van der Waals surface area contributed by atoms with Gasteiger partial charge in [-0.15, -0.1) is 0 Å². The summed E-state index contributed by atoms with van der Waals surface area (Å²) in [6.07, 6.45) is 1.26. The van der Waals surface area contributed by atoms with Crippen LogP contribution in [0.15, 0.2) is 48.5 Å². The Balaban J connectivity index is 1.34. The molecule has 3 fully saturated rings. The number of rotatable bonds is 3. The maximum atomic E-state index is 13.2. The van der Waals surface area contributed by atoms with Crippen LogP contribution in [-0.2, 0) is 14.4 Å². The number of nitrogens with zero attached hydrogens (tertiary/aromatic N) is 3. The highest BCUT2D eigenvalue weighted by atomic mass is 35.5. The van der Waals surface area contributed by atoms with Gasteiger partial charge < -0.3 is 10.2 Å². The molecule has 1 atom stereocenters. The van der Waals surface area contributed by atoms with Crippen molar-refractivity contribution in [2.75, 3.05) is 29.6 Å². The van der Waals surface area contributed by atoms with Crippen LogP contribution in [0.1, 0.15) is 19.3 Å². The number of imide groups is 1. The largest absolute Gasteiger partial charge is 0.339 e. The number of likely N-dealkylation sites (tertiary alicyclic amines) is 1. The molecule has 0 bridgehead atoms. The third kappa shape index (κ3) is 3.45. The Hall–Kier alpha value is -2.61. The Labute approximate surface area is 195 Å². The normalized spacial score (nSPS) is 23.3. The van der Waals surface area contributed by atoms with Crippen molar-refractivity contribution in [3.8, 4) is 0 Å². The molecule has 5 rings (SSSR count). The molecule has 0 aliphatic carbocycles. The van der Waals surface area contributed by atoms with Crippen LogP contribution in [0.5, 0.6) is 0 Å². The summed E-state index contributed by atoms with van der Waals surface area (Å²) in [5.41, 5.74) is 0.748. The lowest BCUT2D eigenvalue weighted by molar-refractivity contribution is -0.126. The second-order valence-corrected chi connectivity index (χ2v) is 9.28. The Morgan fingerprint density at radius 3 is 2.22 bits per heavy atom. The van der Waals surface area contributed by atoms with Gasteiger partial charge in [-0.25, -0.2) is 4.90 Å².